The molecule has 0 aliphatic heterocycles. The number of esters is 1. The van der Waals surface area contributed by atoms with Gasteiger partial charge in [-0.1, -0.05) is 28.1 Å². The minimum Gasteiger partial charge on any atom is -0.428 e. The molecule has 2 N–H and O–H groups in total. The zero-order chi connectivity index (χ0) is 15.3. The fourth-order valence-corrected chi connectivity index (χ4v) is 1.88. The van der Waals surface area contributed by atoms with E-state index in [1.54, 1.807) is 20.8 Å². The van der Waals surface area contributed by atoms with E-state index < -0.39 is 23.8 Å². The van der Waals surface area contributed by atoms with Crippen molar-refractivity contribution in [2.75, 3.05) is 0 Å². The van der Waals surface area contributed by atoms with Gasteiger partial charge in [0, 0.05) is 4.47 Å². The number of rotatable bonds is 3. The Morgan fingerprint density at radius 1 is 1.35 bits per heavy atom. The van der Waals surface area contributed by atoms with Gasteiger partial charge < -0.3 is 15.2 Å². The van der Waals surface area contributed by atoms with Crippen LogP contribution in [0.25, 0.3) is 0 Å². The first-order valence-corrected chi connectivity index (χ1v) is 6.91. The SMILES string of the molecule is CC(C)(C)OC(=O)OC(=O)[C@@H](N)Cc1cccc(Br)c1. The molecule has 20 heavy (non-hydrogen) atoms. The molecule has 6 heteroatoms. The third kappa shape index (κ3) is 6.16. The zero-order valence-electron chi connectivity index (χ0n) is 11.7. The molecule has 5 nitrogen and oxygen atoms in total. The minimum atomic E-state index is -1.04. The maximum absolute atomic E-state index is 11.7. The highest BCUT2D eigenvalue weighted by atomic mass is 79.9. The lowest BCUT2D eigenvalue weighted by molar-refractivity contribution is -0.142. The topological polar surface area (TPSA) is 78.6 Å². The van der Waals surface area contributed by atoms with Crippen LogP contribution in [-0.2, 0) is 20.7 Å². The molecule has 0 unspecified atom stereocenters. The van der Waals surface area contributed by atoms with Gasteiger partial charge in [0.05, 0.1) is 0 Å². The van der Waals surface area contributed by atoms with E-state index in [0.717, 1.165) is 10.0 Å². The van der Waals surface area contributed by atoms with Gasteiger partial charge in [0.25, 0.3) is 0 Å². The first-order chi connectivity index (χ1) is 9.17. The van der Waals surface area contributed by atoms with E-state index in [0.29, 0.717) is 0 Å². The molecule has 0 bridgehead atoms. The third-order valence-electron chi connectivity index (χ3n) is 2.22. The molecular formula is C14H18BrNO4. The second-order valence-corrected chi connectivity index (χ2v) is 6.24. The fourth-order valence-electron chi connectivity index (χ4n) is 1.43. The molecule has 1 aromatic carbocycles. The molecule has 1 aromatic rings. The van der Waals surface area contributed by atoms with Crippen molar-refractivity contribution in [2.45, 2.75) is 38.8 Å². The van der Waals surface area contributed by atoms with Gasteiger partial charge in [-0.05, 0) is 44.9 Å². The average Bonchev–Trinajstić information content (AvgIpc) is 2.25. The summed E-state index contributed by atoms with van der Waals surface area (Å²) in [5, 5.41) is 0. The van der Waals surface area contributed by atoms with Gasteiger partial charge in [-0.25, -0.2) is 9.59 Å². The van der Waals surface area contributed by atoms with Crippen molar-refractivity contribution < 1.29 is 19.1 Å². The van der Waals surface area contributed by atoms with Gasteiger partial charge in [-0.15, -0.1) is 0 Å². The quantitative estimate of drug-likeness (QED) is 0.674. The molecular weight excluding hydrogens is 326 g/mol. The van der Waals surface area contributed by atoms with E-state index in [-0.39, 0.29) is 6.42 Å². The largest absolute Gasteiger partial charge is 0.516 e. The van der Waals surface area contributed by atoms with Crippen molar-refractivity contribution in [3.63, 3.8) is 0 Å². The van der Waals surface area contributed by atoms with Crippen LogP contribution >= 0.6 is 15.9 Å². The Balaban J connectivity index is 2.53. The van der Waals surface area contributed by atoms with E-state index in [1.807, 2.05) is 24.3 Å². The summed E-state index contributed by atoms with van der Waals surface area (Å²) in [5.74, 6) is -0.806. The number of benzene rings is 1. The predicted molar refractivity (Wildman–Crippen MR) is 78.1 cm³/mol. The molecule has 0 saturated carbocycles. The molecule has 110 valence electrons. The van der Waals surface area contributed by atoms with E-state index in [4.69, 9.17) is 10.5 Å². The number of carbonyl (C=O) groups is 2. The number of nitrogens with two attached hydrogens (primary N) is 1. The van der Waals surface area contributed by atoms with E-state index in [9.17, 15) is 9.59 Å². The fraction of sp³-hybridized carbons (Fsp3) is 0.429. The Kier molecular flexibility index (Phi) is 5.71. The summed E-state index contributed by atoms with van der Waals surface area (Å²) in [6.45, 7) is 5.04. The highest BCUT2D eigenvalue weighted by molar-refractivity contribution is 9.10. The van der Waals surface area contributed by atoms with E-state index in [1.165, 1.54) is 0 Å². The van der Waals surface area contributed by atoms with E-state index >= 15 is 0 Å². The zero-order valence-corrected chi connectivity index (χ0v) is 13.3. The second-order valence-electron chi connectivity index (χ2n) is 5.33. The molecule has 0 saturated heterocycles. The molecule has 0 aromatic heterocycles. The lowest BCUT2D eigenvalue weighted by Gasteiger charge is -2.19. The first kappa shape index (κ1) is 16.7. The molecule has 1 rings (SSSR count). The van der Waals surface area contributed by atoms with Crippen molar-refractivity contribution in [1.82, 2.24) is 0 Å². The highest BCUT2D eigenvalue weighted by Crippen LogP contribution is 2.13. The minimum absolute atomic E-state index is 0.279. The van der Waals surface area contributed by atoms with Gasteiger partial charge in [0.2, 0.25) is 0 Å². The smallest absolute Gasteiger partial charge is 0.428 e. The van der Waals surface area contributed by atoms with Crippen LogP contribution in [0.5, 0.6) is 0 Å². The molecule has 0 heterocycles. The molecule has 0 aliphatic rings. The number of ether oxygens (including phenoxy) is 2. The van der Waals surface area contributed by atoms with Crippen LogP contribution in [0.15, 0.2) is 28.7 Å². The normalized spacial score (nSPS) is 12.7. The third-order valence-corrected chi connectivity index (χ3v) is 2.71. The highest BCUT2D eigenvalue weighted by Gasteiger charge is 2.24. The number of halogens is 1. The monoisotopic (exact) mass is 343 g/mol. The van der Waals surface area contributed by atoms with Crippen LogP contribution in [0.4, 0.5) is 4.79 Å². The lowest BCUT2D eigenvalue weighted by Crippen LogP contribution is -2.37. The Bertz CT molecular complexity index is 496. The molecule has 0 aliphatic carbocycles. The predicted octanol–water partition coefficient (Wildman–Crippen LogP) is 2.80. The van der Waals surface area contributed by atoms with Gasteiger partial charge in [-0.3, -0.25) is 0 Å². The average molecular weight is 344 g/mol. The molecule has 0 fully saturated rings. The summed E-state index contributed by atoms with van der Waals surface area (Å²) in [4.78, 5) is 23.0. The number of hydrogen-bond donors (Lipinski definition) is 1. The van der Waals surface area contributed by atoms with Crippen molar-refractivity contribution in [3.8, 4) is 0 Å². The second kappa shape index (κ2) is 6.85. The van der Waals surface area contributed by atoms with E-state index in [2.05, 4.69) is 20.7 Å². The standard InChI is InChI=1S/C14H18BrNO4/c1-14(2,3)20-13(18)19-12(17)11(16)8-9-5-4-6-10(15)7-9/h4-7,11H,8,16H2,1-3H3/t11-/m0/s1. The van der Waals surface area contributed by atoms with Crippen LogP contribution in [-0.4, -0.2) is 23.8 Å². The van der Waals surface area contributed by atoms with Crippen molar-refractivity contribution >= 4 is 28.1 Å². The van der Waals surface area contributed by atoms with Crippen LogP contribution in [0.1, 0.15) is 26.3 Å². The maximum atomic E-state index is 11.7. The van der Waals surface area contributed by atoms with Crippen molar-refractivity contribution in [3.05, 3.63) is 34.3 Å². The first-order valence-electron chi connectivity index (χ1n) is 6.12. The van der Waals surface area contributed by atoms with Crippen LogP contribution in [0.3, 0.4) is 0 Å². The van der Waals surface area contributed by atoms with Crippen molar-refractivity contribution in [1.29, 1.82) is 0 Å². The Morgan fingerprint density at radius 3 is 2.55 bits per heavy atom. The van der Waals surface area contributed by atoms with Crippen LogP contribution in [0.2, 0.25) is 0 Å². The summed E-state index contributed by atoms with van der Waals surface area (Å²) in [7, 11) is 0. The summed E-state index contributed by atoms with van der Waals surface area (Å²) in [5.41, 5.74) is 5.87. The van der Waals surface area contributed by atoms with Gasteiger partial charge in [0.1, 0.15) is 11.6 Å². The number of carbonyl (C=O) groups excluding carboxylic acids is 2. The molecule has 0 amide bonds. The van der Waals surface area contributed by atoms with Crippen molar-refractivity contribution in [2.24, 2.45) is 5.73 Å². The Morgan fingerprint density at radius 2 is 2.00 bits per heavy atom. The number of hydrogen-bond acceptors (Lipinski definition) is 5. The Hall–Kier alpha value is -1.40. The van der Waals surface area contributed by atoms with Gasteiger partial charge in [-0.2, -0.15) is 0 Å². The van der Waals surface area contributed by atoms with Gasteiger partial charge >= 0.3 is 12.1 Å². The summed E-state index contributed by atoms with van der Waals surface area (Å²) in [6.07, 6.45) is -0.756. The molecule has 0 radical (unpaired) electrons. The van der Waals surface area contributed by atoms with Gasteiger partial charge in [0.15, 0.2) is 0 Å². The van der Waals surface area contributed by atoms with Crippen LogP contribution < -0.4 is 5.73 Å². The lowest BCUT2D eigenvalue weighted by atomic mass is 10.1. The summed E-state index contributed by atoms with van der Waals surface area (Å²) >= 11 is 3.33. The molecule has 1 atom stereocenters. The molecule has 0 spiro atoms. The Labute approximate surface area is 126 Å². The van der Waals surface area contributed by atoms with Crippen LogP contribution in [0, 0.1) is 0 Å². The summed E-state index contributed by atoms with van der Waals surface area (Å²) < 4.78 is 10.3. The summed E-state index contributed by atoms with van der Waals surface area (Å²) in [6, 6.07) is 6.47. The maximum Gasteiger partial charge on any atom is 0.516 e.